The molecular formula is C21H18N5S. The van der Waals surface area contributed by atoms with Gasteiger partial charge in [-0.3, -0.25) is 9.67 Å². The summed E-state index contributed by atoms with van der Waals surface area (Å²) in [6.45, 7) is 8.26. The van der Waals surface area contributed by atoms with Crippen molar-refractivity contribution >= 4 is 11.8 Å². The van der Waals surface area contributed by atoms with Gasteiger partial charge in [-0.2, -0.15) is 15.6 Å². The monoisotopic (exact) mass is 372 g/mol. The van der Waals surface area contributed by atoms with Gasteiger partial charge in [-0.1, -0.05) is 11.8 Å². The van der Waals surface area contributed by atoms with Crippen molar-refractivity contribution in [3.05, 3.63) is 77.6 Å². The van der Waals surface area contributed by atoms with Crippen molar-refractivity contribution in [1.29, 1.82) is 10.5 Å². The molecule has 2 aromatic heterocycles. The van der Waals surface area contributed by atoms with E-state index < -0.39 is 0 Å². The number of aromatic nitrogens is 3. The van der Waals surface area contributed by atoms with Gasteiger partial charge in [-0.25, -0.2) is 0 Å². The molecule has 0 N–H and O–H groups in total. The minimum atomic E-state index is 0.161. The van der Waals surface area contributed by atoms with Gasteiger partial charge >= 0.3 is 0 Å². The van der Waals surface area contributed by atoms with Crippen molar-refractivity contribution in [2.75, 3.05) is 0 Å². The number of nitrogens with zero attached hydrogens (tertiary/aromatic N) is 5. The maximum absolute atomic E-state index is 9.24. The maximum atomic E-state index is 9.24. The summed E-state index contributed by atoms with van der Waals surface area (Å²) in [5.74, 6) is 0. The highest BCUT2D eigenvalue weighted by molar-refractivity contribution is 7.99. The highest BCUT2D eigenvalue weighted by atomic mass is 32.2. The summed E-state index contributed by atoms with van der Waals surface area (Å²) in [7, 11) is 0. The van der Waals surface area contributed by atoms with Gasteiger partial charge in [-0.05, 0) is 56.7 Å². The molecule has 0 aliphatic heterocycles. The van der Waals surface area contributed by atoms with Crippen LogP contribution in [0.1, 0.15) is 47.8 Å². The van der Waals surface area contributed by atoms with Crippen LogP contribution < -0.4 is 0 Å². The predicted molar refractivity (Wildman–Crippen MR) is 104 cm³/mol. The summed E-state index contributed by atoms with van der Waals surface area (Å²) in [6.07, 6.45) is 4.24. The molecule has 6 heteroatoms. The molecule has 0 fully saturated rings. The first-order valence-electron chi connectivity index (χ1n) is 8.47. The van der Waals surface area contributed by atoms with Crippen molar-refractivity contribution in [2.24, 2.45) is 0 Å². The molecule has 0 atom stereocenters. The van der Waals surface area contributed by atoms with Gasteiger partial charge in [-0.15, -0.1) is 0 Å². The van der Waals surface area contributed by atoms with Gasteiger partial charge in [0.2, 0.25) is 0 Å². The molecule has 133 valence electrons. The lowest BCUT2D eigenvalue weighted by molar-refractivity contribution is 0.490. The zero-order chi connectivity index (χ0) is 19.4. The Morgan fingerprint density at radius 3 is 2.30 bits per heavy atom. The number of hydrogen-bond acceptors (Lipinski definition) is 5. The number of pyridine rings is 1. The lowest BCUT2D eigenvalue weighted by Crippen LogP contribution is -2.05. The molecule has 0 amide bonds. The van der Waals surface area contributed by atoms with E-state index in [9.17, 15) is 10.5 Å². The fraction of sp³-hybridized carbons (Fsp3) is 0.190. The molecule has 3 rings (SSSR count). The van der Waals surface area contributed by atoms with E-state index in [1.165, 1.54) is 11.8 Å². The van der Waals surface area contributed by atoms with Crippen molar-refractivity contribution in [3.8, 4) is 12.1 Å². The van der Waals surface area contributed by atoms with Gasteiger partial charge in [0.25, 0.3) is 0 Å². The van der Waals surface area contributed by atoms with Gasteiger partial charge in [0.1, 0.15) is 5.03 Å². The number of nitriles is 2. The zero-order valence-corrected chi connectivity index (χ0v) is 16.0. The van der Waals surface area contributed by atoms with E-state index >= 15 is 0 Å². The van der Waals surface area contributed by atoms with Crippen molar-refractivity contribution in [1.82, 2.24) is 14.8 Å². The summed E-state index contributed by atoms with van der Waals surface area (Å²) < 4.78 is 1.95. The SMILES string of the molecule is [CH2]c1nn(C(C)C)c(Sc2cc(C#N)cc(C#N)c2)c1Cc1ccncc1. The third-order valence-corrected chi connectivity index (χ3v) is 5.14. The molecule has 3 aromatic rings. The molecule has 0 saturated heterocycles. The van der Waals surface area contributed by atoms with E-state index in [0.29, 0.717) is 17.5 Å². The van der Waals surface area contributed by atoms with Crippen LogP contribution in [0.25, 0.3) is 0 Å². The Hall–Kier alpha value is -3.09. The second-order valence-corrected chi connectivity index (χ2v) is 7.43. The Bertz CT molecular complexity index is 1010. The molecule has 1 aromatic carbocycles. The molecule has 0 aliphatic rings. The summed E-state index contributed by atoms with van der Waals surface area (Å²) in [5, 5.41) is 24.1. The third kappa shape index (κ3) is 4.19. The van der Waals surface area contributed by atoms with Crippen LogP contribution >= 0.6 is 11.8 Å². The van der Waals surface area contributed by atoms with Gasteiger partial charge < -0.3 is 0 Å². The number of benzene rings is 1. The minimum Gasteiger partial charge on any atom is -0.265 e. The first-order valence-corrected chi connectivity index (χ1v) is 9.29. The number of rotatable bonds is 5. The van der Waals surface area contributed by atoms with Crippen molar-refractivity contribution in [2.45, 2.75) is 36.2 Å². The molecule has 0 bridgehead atoms. The zero-order valence-electron chi connectivity index (χ0n) is 15.2. The Morgan fingerprint density at radius 1 is 1.11 bits per heavy atom. The maximum Gasteiger partial charge on any atom is 0.103 e. The standard InChI is InChI=1S/C21H18N5S/c1-14(2)26-21(27-19-9-17(12-22)8-18(10-19)13-23)20(15(3)25-26)11-16-4-6-24-7-5-16/h4-10,14H,3,11H2,1-2H3. The Kier molecular flexibility index (Phi) is 5.59. The van der Waals surface area contributed by atoms with E-state index in [1.54, 1.807) is 30.6 Å². The van der Waals surface area contributed by atoms with Crippen LogP contribution in [0.5, 0.6) is 0 Å². The topological polar surface area (TPSA) is 78.3 Å². The lowest BCUT2D eigenvalue weighted by Gasteiger charge is -2.13. The highest BCUT2D eigenvalue weighted by Gasteiger charge is 2.19. The summed E-state index contributed by atoms with van der Waals surface area (Å²) in [4.78, 5) is 4.90. The van der Waals surface area contributed by atoms with Gasteiger partial charge in [0.05, 0.1) is 29.0 Å². The smallest absolute Gasteiger partial charge is 0.103 e. The fourth-order valence-electron chi connectivity index (χ4n) is 2.74. The Labute approximate surface area is 163 Å². The van der Waals surface area contributed by atoms with E-state index in [2.05, 4.69) is 43.0 Å². The lowest BCUT2D eigenvalue weighted by atomic mass is 10.1. The van der Waals surface area contributed by atoms with E-state index in [4.69, 9.17) is 0 Å². The van der Waals surface area contributed by atoms with E-state index in [-0.39, 0.29) is 6.04 Å². The van der Waals surface area contributed by atoms with Crippen LogP contribution in [0.15, 0.2) is 52.6 Å². The Morgan fingerprint density at radius 2 is 1.74 bits per heavy atom. The summed E-state index contributed by atoms with van der Waals surface area (Å²) in [5.41, 5.74) is 3.85. The van der Waals surface area contributed by atoms with Crippen LogP contribution in [0.4, 0.5) is 0 Å². The molecule has 2 heterocycles. The average Bonchev–Trinajstić information content (AvgIpc) is 2.98. The van der Waals surface area contributed by atoms with Crippen LogP contribution in [0.3, 0.4) is 0 Å². The normalized spacial score (nSPS) is 10.6. The van der Waals surface area contributed by atoms with Crippen LogP contribution in [-0.2, 0) is 6.42 Å². The quantitative estimate of drug-likeness (QED) is 0.657. The summed E-state index contributed by atoms with van der Waals surface area (Å²) >= 11 is 1.51. The average molecular weight is 372 g/mol. The van der Waals surface area contributed by atoms with Crippen molar-refractivity contribution in [3.63, 3.8) is 0 Å². The van der Waals surface area contributed by atoms with Gasteiger partial charge in [0, 0.05) is 35.3 Å². The minimum absolute atomic E-state index is 0.161. The first-order chi connectivity index (χ1) is 13.0. The first kappa shape index (κ1) is 18.7. The van der Waals surface area contributed by atoms with Crippen LogP contribution in [0.2, 0.25) is 0 Å². The van der Waals surface area contributed by atoms with Crippen LogP contribution in [-0.4, -0.2) is 14.8 Å². The molecule has 5 nitrogen and oxygen atoms in total. The largest absolute Gasteiger partial charge is 0.265 e. The van der Waals surface area contributed by atoms with E-state index in [1.807, 2.05) is 16.8 Å². The molecule has 0 unspecified atom stereocenters. The second-order valence-electron chi connectivity index (χ2n) is 6.37. The van der Waals surface area contributed by atoms with Crippen LogP contribution in [0, 0.1) is 29.6 Å². The predicted octanol–water partition coefficient (Wildman–Crippen LogP) is 4.53. The Balaban J connectivity index is 2.06. The molecule has 27 heavy (non-hydrogen) atoms. The molecule has 0 spiro atoms. The molecular weight excluding hydrogens is 354 g/mol. The van der Waals surface area contributed by atoms with Crippen molar-refractivity contribution < 1.29 is 0 Å². The third-order valence-electron chi connectivity index (χ3n) is 4.04. The summed E-state index contributed by atoms with van der Waals surface area (Å²) in [6, 6.07) is 13.5. The fourth-order valence-corrected chi connectivity index (χ4v) is 3.99. The second kappa shape index (κ2) is 8.07. The number of hydrogen-bond donors (Lipinski definition) is 0. The van der Waals surface area contributed by atoms with Gasteiger partial charge in [0.15, 0.2) is 0 Å². The highest BCUT2D eigenvalue weighted by Crippen LogP contribution is 2.35. The molecule has 0 aliphatic carbocycles. The van der Waals surface area contributed by atoms with E-state index in [0.717, 1.165) is 26.7 Å². The molecule has 1 radical (unpaired) electrons. The molecule has 0 saturated carbocycles.